The molecule has 0 radical (unpaired) electrons. The van der Waals surface area contributed by atoms with Crippen LogP contribution < -0.4 is 13.6 Å². The van der Waals surface area contributed by atoms with Gasteiger partial charge < -0.3 is 23.8 Å². The highest BCUT2D eigenvalue weighted by molar-refractivity contribution is 7.50. The van der Waals surface area contributed by atoms with Gasteiger partial charge in [-0.1, -0.05) is 30.3 Å². The summed E-state index contributed by atoms with van der Waals surface area (Å²) in [5.41, 5.74) is 0.843. The van der Waals surface area contributed by atoms with Crippen LogP contribution in [0.15, 0.2) is 30.3 Å². The van der Waals surface area contributed by atoms with Gasteiger partial charge in [0.2, 0.25) is 17.2 Å². The van der Waals surface area contributed by atoms with Crippen molar-refractivity contribution in [2.75, 3.05) is 0 Å². The van der Waals surface area contributed by atoms with E-state index in [-0.39, 0.29) is 22.8 Å². The Kier molecular flexibility index (Phi) is 1.76. The summed E-state index contributed by atoms with van der Waals surface area (Å²) in [5, 5.41) is 19.9. The Balaban J connectivity index is 2.08. The molecule has 7 heteroatoms. The average molecular weight is 278 g/mol. The maximum Gasteiger partial charge on any atom is 0.647 e. The first kappa shape index (κ1) is 10.6. The van der Waals surface area contributed by atoms with Crippen molar-refractivity contribution in [1.82, 2.24) is 0 Å². The van der Waals surface area contributed by atoms with E-state index in [4.69, 9.17) is 13.6 Å². The number of fused-ring (bicyclic) bond motifs is 1. The van der Waals surface area contributed by atoms with Gasteiger partial charge in [-0.25, -0.2) is 0 Å². The van der Waals surface area contributed by atoms with Crippen LogP contribution in [0.2, 0.25) is 0 Å². The fourth-order valence-electron chi connectivity index (χ4n) is 2.18. The van der Waals surface area contributed by atoms with E-state index in [0.717, 1.165) is 0 Å². The van der Waals surface area contributed by atoms with Crippen LogP contribution in [0.1, 0.15) is 0 Å². The summed E-state index contributed by atoms with van der Waals surface area (Å²) in [7, 11) is -3.71. The SMILES string of the molecule is O=P12Oc3c(O)c(O)c(-c4ccccc4)c(c3O1)O2. The lowest BCUT2D eigenvalue weighted by atomic mass is 10.0. The zero-order valence-electron chi connectivity index (χ0n) is 9.36. The molecule has 2 N–H and O–H groups in total. The van der Waals surface area contributed by atoms with Crippen molar-refractivity contribution < 1.29 is 28.3 Å². The number of phosphoric ester groups is 1. The van der Waals surface area contributed by atoms with Crippen molar-refractivity contribution in [3.05, 3.63) is 30.3 Å². The summed E-state index contributed by atoms with van der Waals surface area (Å²) < 4.78 is 26.9. The van der Waals surface area contributed by atoms with Crippen molar-refractivity contribution in [2.45, 2.75) is 0 Å². The Morgan fingerprint density at radius 2 is 1.47 bits per heavy atom. The third kappa shape index (κ3) is 1.24. The molecule has 2 aromatic carbocycles. The quantitative estimate of drug-likeness (QED) is 0.616. The van der Waals surface area contributed by atoms with E-state index in [2.05, 4.69) is 0 Å². The standard InChI is InChI=1S/C12H7O6P/c13-8-7(6-4-2-1-3-5-6)10-12-11(9(8)14)17-19(15,16-10)18-12/h1-5,13-14H. The Hall–Kier alpha value is -2.33. The molecule has 1 unspecified atom stereocenters. The van der Waals surface area contributed by atoms with Crippen LogP contribution in [0.4, 0.5) is 0 Å². The Morgan fingerprint density at radius 3 is 2.16 bits per heavy atom. The van der Waals surface area contributed by atoms with Gasteiger partial charge in [0.15, 0.2) is 11.5 Å². The van der Waals surface area contributed by atoms with E-state index in [1.54, 1.807) is 24.3 Å². The van der Waals surface area contributed by atoms with Crippen molar-refractivity contribution in [3.63, 3.8) is 0 Å². The second-order valence-corrected chi connectivity index (χ2v) is 5.59. The van der Waals surface area contributed by atoms with Gasteiger partial charge in [-0.15, -0.1) is 0 Å². The number of aromatic hydroxyl groups is 2. The molecule has 0 aromatic heterocycles. The minimum absolute atomic E-state index is 0.0671. The van der Waals surface area contributed by atoms with Crippen LogP contribution >= 0.6 is 7.82 Å². The van der Waals surface area contributed by atoms with Gasteiger partial charge >= 0.3 is 7.82 Å². The van der Waals surface area contributed by atoms with Crippen LogP contribution in [-0.4, -0.2) is 10.2 Å². The highest BCUT2D eigenvalue weighted by Crippen LogP contribution is 2.74. The monoisotopic (exact) mass is 278 g/mol. The highest BCUT2D eigenvalue weighted by atomic mass is 31.2. The van der Waals surface area contributed by atoms with E-state index in [0.29, 0.717) is 5.56 Å². The fraction of sp³-hybridized carbons (Fsp3) is 0. The molecule has 0 spiro atoms. The number of hydrogen-bond acceptors (Lipinski definition) is 6. The molecular weight excluding hydrogens is 271 g/mol. The Bertz CT molecular complexity index is 755. The minimum Gasteiger partial charge on any atom is -0.504 e. The molecule has 4 rings (SSSR count). The smallest absolute Gasteiger partial charge is 0.504 e. The van der Waals surface area contributed by atoms with E-state index in [9.17, 15) is 14.8 Å². The number of benzene rings is 2. The average Bonchev–Trinajstić information content (AvgIpc) is 2.91. The van der Waals surface area contributed by atoms with Crippen molar-refractivity contribution >= 4 is 7.82 Å². The van der Waals surface area contributed by atoms with Gasteiger partial charge in [-0.2, -0.15) is 4.57 Å². The Morgan fingerprint density at radius 1 is 0.842 bits per heavy atom. The molecule has 96 valence electrons. The lowest BCUT2D eigenvalue weighted by Crippen LogP contribution is -1.99. The Labute approximate surface area is 107 Å². The third-order valence-corrected chi connectivity index (χ3v) is 4.21. The van der Waals surface area contributed by atoms with Gasteiger partial charge in [0.1, 0.15) is 0 Å². The second kappa shape index (κ2) is 3.16. The van der Waals surface area contributed by atoms with Gasteiger partial charge in [0.05, 0.1) is 5.56 Å². The predicted molar refractivity (Wildman–Crippen MR) is 64.7 cm³/mol. The molecule has 0 fully saturated rings. The van der Waals surface area contributed by atoms with E-state index >= 15 is 0 Å². The number of phenols is 2. The maximum atomic E-state index is 11.9. The molecule has 0 amide bonds. The lowest BCUT2D eigenvalue weighted by Gasteiger charge is -2.16. The predicted octanol–water partition coefficient (Wildman–Crippen LogP) is 3.04. The molecule has 6 nitrogen and oxygen atoms in total. The third-order valence-electron chi connectivity index (χ3n) is 2.99. The van der Waals surface area contributed by atoms with Crippen molar-refractivity contribution in [3.8, 4) is 39.9 Å². The van der Waals surface area contributed by atoms with Gasteiger partial charge in [0, 0.05) is 0 Å². The molecule has 2 aromatic rings. The largest absolute Gasteiger partial charge is 0.647 e. The van der Waals surface area contributed by atoms with Crippen LogP contribution in [0.25, 0.3) is 11.1 Å². The van der Waals surface area contributed by atoms with Crippen LogP contribution in [0, 0.1) is 0 Å². The van der Waals surface area contributed by atoms with Gasteiger partial charge in [0.25, 0.3) is 0 Å². The minimum atomic E-state index is -3.71. The zero-order chi connectivity index (χ0) is 13.2. The number of rotatable bonds is 1. The van der Waals surface area contributed by atoms with Gasteiger partial charge in [-0.3, -0.25) is 0 Å². The molecule has 0 aliphatic carbocycles. The van der Waals surface area contributed by atoms with E-state index < -0.39 is 19.3 Å². The zero-order valence-corrected chi connectivity index (χ0v) is 10.3. The molecule has 19 heavy (non-hydrogen) atoms. The molecule has 0 saturated heterocycles. The second-order valence-electron chi connectivity index (χ2n) is 4.15. The van der Waals surface area contributed by atoms with Crippen molar-refractivity contribution in [1.29, 1.82) is 0 Å². The van der Waals surface area contributed by atoms with Crippen LogP contribution in [-0.2, 0) is 4.57 Å². The summed E-state index contributed by atoms with van der Waals surface area (Å²) in [5.74, 6) is -0.833. The molecular formula is C12H7O6P. The van der Waals surface area contributed by atoms with Crippen LogP contribution in [0.3, 0.4) is 0 Å². The first-order valence-electron chi connectivity index (χ1n) is 5.45. The molecule has 2 aliphatic rings. The molecule has 2 bridgehead atoms. The van der Waals surface area contributed by atoms with Crippen LogP contribution in [0.5, 0.6) is 28.7 Å². The summed E-state index contributed by atoms with van der Waals surface area (Å²) in [6.07, 6.45) is 0. The number of phenolic OH excluding ortho intramolecular Hbond substituents is 2. The molecule has 2 heterocycles. The summed E-state index contributed by atoms with van der Waals surface area (Å²) in [4.78, 5) is 0. The normalized spacial score (nSPS) is 21.7. The topological polar surface area (TPSA) is 85.2 Å². The maximum absolute atomic E-state index is 11.9. The fourth-order valence-corrected chi connectivity index (χ4v) is 3.47. The van der Waals surface area contributed by atoms with E-state index in [1.165, 1.54) is 0 Å². The molecule has 1 atom stereocenters. The lowest BCUT2D eigenvalue weighted by molar-refractivity contribution is 0.336. The van der Waals surface area contributed by atoms with E-state index in [1.807, 2.05) is 6.07 Å². The molecule has 2 aliphatic heterocycles. The summed E-state index contributed by atoms with van der Waals surface area (Å²) in [6.45, 7) is 0. The first-order chi connectivity index (χ1) is 9.09. The molecule has 0 saturated carbocycles. The van der Waals surface area contributed by atoms with Gasteiger partial charge in [-0.05, 0) is 5.56 Å². The summed E-state index contributed by atoms with van der Waals surface area (Å²) in [6, 6.07) is 8.80. The summed E-state index contributed by atoms with van der Waals surface area (Å²) >= 11 is 0. The highest BCUT2D eigenvalue weighted by Gasteiger charge is 2.54. The number of phosphoric acid groups is 1. The first-order valence-corrected chi connectivity index (χ1v) is 6.91. The van der Waals surface area contributed by atoms with Crippen molar-refractivity contribution in [2.24, 2.45) is 0 Å². The number of hydrogen-bond donors (Lipinski definition) is 2.